The maximum atomic E-state index is 12.2. The third-order valence-corrected chi connectivity index (χ3v) is 3.75. The molecular weight excluding hydrogens is 342 g/mol. The molecule has 1 heterocycles. The molecule has 1 N–H and O–H groups in total. The molecule has 8 heteroatoms. The lowest BCUT2D eigenvalue weighted by Crippen LogP contribution is -2.45. The summed E-state index contributed by atoms with van der Waals surface area (Å²) in [7, 11) is 1.24. The fourth-order valence-electron chi connectivity index (χ4n) is 2.43. The van der Waals surface area contributed by atoms with Crippen molar-refractivity contribution in [2.75, 3.05) is 20.3 Å². The first-order valence-corrected chi connectivity index (χ1v) is 8.42. The average Bonchev–Trinajstić information content (AvgIpc) is 3.43. The highest BCUT2D eigenvalue weighted by molar-refractivity contribution is 5.94. The molecule has 1 amide bonds. The fourth-order valence-corrected chi connectivity index (χ4v) is 2.43. The van der Waals surface area contributed by atoms with Crippen LogP contribution in [0.5, 0.6) is 5.75 Å². The topological polar surface area (TPSA) is 103 Å². The zero-order chi connectivity index (χ0) is 19.1. The van der Waals surface area contributed by atoms with Crippen molar-refractivity contribution in [1.82, 2.24) is 5.32 Å². The van der Waals surface area contributed by atoms with Crippen molar-refractivity contribution in [3.05, 3.63) is 29.8 Å². The van der Waals surface area contributed by atoms with Crippen LogP contribution in [0.2, 0.25) is 0 Å². The maximum absolute atomic E-state index is 12.2. The van der Waals surface area contributed by atoms with Crippen molar-refractivity contribution < 1.29 is 33.3 Å². The Hall–Kier alpha value is -2.61. The van der Waals surface area contributed by atoms with Gasteiger partial charge in [0.1, 0.15) is 11.8 Å². The van der Waals surface area contributed by atoms with Crippen molar-refractivity contribution in [3.8, 4) is 5.75 Å². The molecule has 1 aliphatic rings. The van der Waals surface area contributed by atoms with E-state index in [2.05, 4.69) is 5.32 Å². The number of carbonyl (C=O) groups excluding carboxylic acids is 3. The van der Waals surface area contributed by atoms with Crippen LogP contribution in [0.25, 0.3) is 0 Å². The van der Waals surface area contributed by atoms with Gasteiger partial charge in [-0.15, -0.1) is 0 Å². The molecule has 26 heavy (non-hydrogen) atoms. The van der Waals surface area contributed by atoms with Crippen LogP contribution in [0.3, 0.4) is 0 Å². The number of nitrogens with one attached hydrogen (secondary N) is 1. The molecule has 0 unspecified atom stereocenters. The van der Waals surface area contributed by atoms with Gasteiger partial charge in [0.25, 0.3) is 5.91 Å². The van der Waals surface area contributed by atoms with Gasteiger partial charge in [0.2, 0.25) is 0 Å². The van der Waals surface area contributed by atoms with Gasteiger partial charge in [-0.05, 0) is 31.5 Å². The molecule has 0 radical (unpaired) electrons. The molecule has 0 saturated carbocycles. The number of rotatable bonds is 9. The summed E-state index contributed by atoms with van der Waals surface area (Å²) >= 11 is 0. The number of amides is 1. The first-order valence-electron chi connectivity index (χ1n) is 8.42. The molecule has 8 nitrogen and oxygen atoms in total. The summed E-state index contributed by atoms with van der Waals surface area (Å²) in [5.74, 6) is -1.00. The Bertz CT molecular complexity index is 643. The van der Waals surface area contributed by atoms with Crippen molar-refractivity contribution >= 4 is 17.8 Å². The maximum Gasteiger partial charge on any atom is 0.338 e. The molecule has 1 aromatic rings. The lowest BCUT2D eigenvalue weighted by molar-refractivity contribution is -0.145. The highest BCUT2D eigenvalue weighted by Gasteiger charge is 2.52. The molecular formula is C18H23NO7. The third-order valence-electron chi connectivity index (χ3n) is 3.75. The van der Waals surface area contributed by atoms with Crippen LogP contribution in [0.15, 0.2) is 24.3 Å². The van der Waals surface area contributed by atoms with Gasteiger partial charge in [-0.25, -0.2) is 9.59 Å². The van der Waals surface area contributed by atoms with E-state index in [4.69, 9.17) is 18.9 Å². The normalized spacial score (nSPS) is 19.2. The minimum absolute atomic E-state index is 0.204. The highest BCUT2D eigenvalue weighted by atomic mass is 16.6. The number of benzene rings is 1. The number of carbonyl (C=O) groups is 3. The van der Waals surface area contributed by atoms with Crippen LogP contribution in [-0.4, -0.2) is 56.4 Å². The molecule has 0 aromatic heterocycles. The summed E-state index contributed by atoms with van der Waals surface area (Å²) < 4.78 is 20.0. The Balaban J connectivity index is 1.96. The van der Waals surface area contributed by atoms with Crippen LogP contribution in [0, 0.1) is 0 Å². The van der Waals surface area contributed by atoms with E-state index in [9.17, 15) is 14.4 Å². The molecule has 0 aliphatic carbocycles. The third kappa shape index (κ3) is 5.19. The predicted molar refractivity (Wildman–Crippen MR) is 90.6 cm³/mol. The number of epoxide rings is 1. The Morgan fingerprint density at radius 3 is 2.38 bits per heavy atom. The van der Waals surface area contributed by atoms with E-state index in [-0.39, 0.29) is 13.0 Å². The van der Waals surface area contributed by atoms with Gasteiger partial charge < -0.3 is 24.3 Å². The van der Waals surface area contributed by atoms with Gasteiger partial charge in [0, 0.05) is 6.42 Å². The number of hydrogen-bond acceptors (Lipinski definition) is 7. The number of methoxy groups -OCH3 is 1. The van der Waals surface area contributed by atoms with Gasteiger partial charge in [-0.1, -0.05) is 12.1 Å². The predicted octanol–water partition coefficient (Wildman–Crippen LogP) is 0.616. The second kappa shape index (κ2) is 9.19. The molecule has 2 rings (SSSR count). The SMILES string of the molecule is CCOC(=O)[C@H]1O[C@@H]1C(=O)N[C@@H](Cc1ccc(OCC)cc1)C(=O)OC. The molecule has 0 bridgehead atoms. The Morgan fingerprint density at radius 2 is 1.81 bits per heavy atom. The van der Waals surface area contributed by atoms with Crippen molar-refractivity contribution in [2.45, 2.75) is 38.5 Å². The lowest BCUT2D eigenvalue weighted by atomic mass is 10.1. The van der Waals surface area contributed by atoms with Crippen LogP contribution in [-0.2, 0) is 35.0 Å². The van der Waals surface area contributed by atoms with Crippen molar-refractivity contribution in [3.63, 3.8) is 0 Å². The Kier molecular flexibility index (Phi) is 6.97. The summed E-state index contributed by atoms with van der Waals surface area (Å²) in [4.78, 5) is 35.7. The van der Waals surface area contributed by atoms with Crippen LogP contribution >= 0.6 is 0 Å². The zero-order valence-electron chi connectivity index (χ0n) is 15.0. The Labute approximate surface area is 151 Å². The molecule has 1 aliphatic heterocycles. The summed E-state index contributed by atoms with van der Waals surface area (Å²) in [5, 5.41) is 2.57. The van der Waals surface area contributed by atoms with E-state index in [1.54, 1.807) is 19.1 Å². The fraction of sp³-hybridized carbons (Fsp3) is 0.500. The van der Waals surface area contributed by atoms with E-state index < -0.39 is 36.1 Å². The molecule has 1 aromatic carbocycles. The number of hydrogen-bond donors (Lipinski definition) is 1. The molecule has 142 valence electrons. The molecule has 1 saturated heterocycles. The molecule has 3 atom stereocenters. The lowest BCUT2D eigenvalue weighted by Gasteiger charge is -2.16. The quantitative estimate of drug-likeness (QED) is 0.505. The van der Waals surface area contributed by atoms with Gasteiger partial charge >= 0.3 is 11.9 Å². The van der Waals surface area contributed by atoms with Crippen LogP contribution in [0.4, 0.5) is 0 Å². The largest absolute Gasteiger partial charge is 0.494 e. The van der Waals surface area contributed by atoms with E-state index in [0.29, 0.717) is 6.61 Å². The smallest absolute Gasteiger partial charge is 0.338 e. The van der Waals surface area contributed by atoms with Crippen LogP contribution in [0.1, 0.15) is 19.4 Å². The van der Waals surface area contributed by atoms with E-state index in [1.165, 1.54) is 7.11 Å². The van der Waals surface area contributed by atoms with E-state index >= 15 is 0 Å². The summed E-state index contributed by atoms with van der Waals surface area (Å²) in [6.07, 6.45) is -1.62. The molecule has 1 fully saturated rings. The highest BCUT2D eigenvalue weighted by Crippen LogP contribution is 2.24. The van der Waals surface area contributed by atoms with Crippen molar-refractivity contribution in [2.24, 2.45) is 0 Å². The summed E-state index contributed by atoms with van der Waals surface area (Å²) in [6.45, 7) is 4.32. The number of ether oxygens (including phenoxy) is 4. The van der Waals surface area contributed by atoms with Gasteiger partial charge in [-0.3, -0.25) is 4.79 Å². The standard InChI is InChI=1S/C18H23NO7/c1-4-24-12-8-6-11(7-9-12)10-13(17(21)23-3)19-16(20)14-15(26-14)18(22)25-5-2/h6-9,13-15H,4-5,10H2,1-3H3,(H,19,20)/t13-,14-,15-/m0/s1. The zero-order valence-corrected chi connectivity index (χ0v) is 15.0. The number of esters is 2. The first-order chi connectivity index (χ1) is 12.5. The molecule has 0 spiro atoms. The van der Waals surface area contributed by atoms with Crippen LogP contribution < -0.4 is 10.1 Å². The van der Waals surface area contributed by atoms with Gasteiger partial charge in [0.15, 0.2) is 12.2 Å². The van der Waals surface area contributed by atoms with E-state index in [1.807, 2.05) is 19.1 Å². The van der Waals surface area contributed by atoms with Gasteiger partial charge in [0.05, 0.1) is 20.3 Å². The monoisotopic (exact) mass is 365 g/mol. The summed E-state index contributed by atoms with van der Waals surface area (Å²) in [5.41, 5.74) is 0.822. The average molecular weight is 365 g/mol. The first kappa shape index (κ1) is 19.7. The van der Waals surface area contributed by atoms with Gasteiger partial charge in [-0.2, -0.15) is 0 Å². The second-order valence-electron chi connectivity index (χ2n) is 5.59. The minimum atomic E-state index is -0.943. The summed E-state index contributed by atoms with van der Waals surface area (Å²) in [6, 6.07) is 6.30. The Morgan fingerprint density at radius 1 is 1.12 bits per heavy atom. The van der Waals surface area contributed by atoms with E-state index in [0.717, 1.165) is 11.3 Å². The minimum Gasteiger partial charge on any atom is -0.494 e. The second-order valence-corrected chi connectivity index (χ2v) is 5.59. The van der Waals surface area contributed by atoms with Crippen molar-refractivity contribution in [1.29, 1.82) is 0 Å².